The lowest BCUT2D eigenvalue weighted by Crippen LogP contribution is -2.51. The molecule has 5 nitrogen and oxygen atoms in total. The fourth-order valence-electron chi connectivity index (χ4n) is 9.23. The van der Waals surface area contributed by atoms with E-state index >= 15 is 0 Å². The second-order valence-corrected chi connectivity index (χ2v) is 14.2. The Morgan fingerprint density at radius 3 is 2.05 bits per heavy atom. The van der Waals surface area contributed by atoms with Gasteiger partial charge >= 0.3 is 0 Å². The van der Waals surface area contributed by atoms with Crippen LogP contribution in [-0.2, 0) is 16.2 Å². The Morgan fingerprint density at radius 1 is 0.773 bits per heavy atom. The van der Waals surface area contributed by atoms with Crippen LogP contribution in [0.1, 0.15) is 79.7 Å². The molecule has 0 spiro atoms. The normalized spacial score (nSPS) is 26.8. The molecule has 8 rings (SSSR count). The van der Waals surface area contributed by atoms with Gasteiger partial charge in [0.05, 0.1) is 6.04 Å². The van der Waals surface area contributed by atoms with Crippen LogP contribution in [0.5, 0.6) is 5.75 Å². The molecule has 1 aliphatic heterocycles. The number of para-hydroxylation sites is 1. The Morgan fingerprint density at radius 2 is 1.39 bits per heavy atom. The lowest BCUT2D eigenvalue weighted by atomic mass is 9.48. The van der Waals surface area contributed by atoms with Crippen LogP contribution in [-0.4, -0.2) is 47.7 Å². The number of aryl methyl sites for hydroxylation is 1. The van der Waals surface area contributed by atoms with E-state index in [-0.39, 0.29) is 17.4 Å². The minimum atomic E-state index is -0.106. The van der Waals surface area contributed by atoms with Gasteiger partial charge in [-0.2, -0.15) is 0 Å². The Labute approximate surface area is 262 Å². The number of hydrogen-bond acceptors (Lipinski definition) is 4. The van der Waals surface area contributed by atoms with Gasteiger partial charge in [0.25, 0.3) is 0 Å². The van der Waals surface area contributed by atoms with E-state index in [9.17, 15) is 9.59 Å². The number of ketones is 1. The summed E-state index contributed by atoms with van der Waals surface area (Å²) >= 11 is 0. The number of nitrogens with zero attached hydrogens (tertiary/aromatic N) is 2. The molecule has 1 unspecified atom stereocenters. The van der Waals surface area contributed by atoms with Crippen LogP contribution in [0.4, 0.5) is 0 Å². The van der Waals surface area contributed by atoms with E-state index in [1.54, 1.807) is 0 Å². The van der Waals surface area contributed by atoms with Crippen LogP contribution >= 0.6 is 0 Å². The van der Waals surface area contributed by atoms with E-state index in [1.165, 1.54) is 30.4 Å². The maximum absolute atomic E-state index is 13.5. The Bertz CT molecular complexity index is 1420. The number of carbonyl (C=O) groups excluding carboxylic acids is 2. The molecule has 0 aromatic heterocycles. The molecule has 4 aliphatic carbocycles. The van der Waals surface area contributed by atoms with Crippen LogP contribution in [0.15, 0.2) is 78.9 Å². The fourth-order valence-corrected chi connectivity index (χ4v) is 9.23. The maximum atomic E-state index is 13.5. The first kappa shape index (κ1) is 29.3. The van der Waals surface area contributed by atoms with Crippen LogP contribution in [0.3, 0.4) is 0 Å². The number of benzene rings is 3. The summed E-state index contributed by atoms with van der Waals surface area (Å²) in [6.07, 6.45) is 8.04. The average molecular weight is 591 g/mol. The summed E-state index contributed by atoms with van der Waals surface area (Å²) in [6.45, 7) is 5.53. The lowest BCUT2D eigenvalue weighted by Gasteiger charge is -2.56. The van der Waals surface area contributed by atoms with Crippen LogP contribution in [0, 0.1) is 30.1 Å². The fraction of sp³-hybridized carbons (Fsp3) is 0.487. The third kappa shape index (κ3) is 6.08. The van der Waals surface area contributed by atoms with Gasteiger partial charge in [0, 0.05) is 50.0 Å². The number of hydrogen-bond donors (Lipinski definition) is 0. The summed E-state index contributed by atoms with van der Waals surface area (Å²) < 4.78 is 6.43. The smallest absolute Gasteiger partial charge is 0.223 e. The van der Waals surface area contributed by atoms with Crippen molar-refractivity contribution in [1.29, 1.82) is 0 Å². The van der Waals surface area contributed by atoms with Gasteiger partial charge in [0.2, 0.25) is 5.91 Å². The second-order valence-electron chi connectivity index (χ2n) is 14.2. The van der Waals surface area contributed by atoms with Crippen molar-refractivity contribution in [2.45, 2.75) is 70.9 Å². The molecule has 1 saturated heterocycles. The van der Waals surface area contributed by atoms with Crippen molar-refractivity contribution in [3.63, 3.8) is 0 Å². The summed E-state index contributed by atoms with van der Waals surface area (Å²) in [5.74, 6) is 3.68. The molecular weight excluding hydrogens is 544 g/mol. The lowest BCUT2D eigenvalue weighted by molar-refractivity contribution is -0.146. The van der Waals surface area contributed by atoms with Gasteiger partial charge in [-0.25, -0.2) is 0 Å². The van der Waals surface area contributed by atoms with Crippen LogP contribution < -0.4 is 4.74 Å². The highest BCUT2D eigenvalue weighted by atomic mass is 16.5. The molecule has 5 heteroatoms. The van der Waals surface area contributed by atoms with Crippen molar-refractivity contribution < 1.29 is 14.3 Å². The molecule has 1 atom stereocenters. The zero-order chi connectivity index (χ0) is 30.1. The summed E-state index contributed by atoms with van der Waals surface area (Å²) in [5.41, 5.74) is 4.65. The first-order valence-corrected chi connectivity index (χ1v) is 16.8. The van der Waals surface area contributed by atoms with Crippen molar-refractivity contribution in [2.24, 2.45) is 23.2 Å². The highest BCUT2D eigenvalue weighted by molar-refractivity contribution is 5.89. The zero-order valence-corrected chi connectivity index (χ0v) is 26.1. The summed E-state index contributed by atoms with van der Waals surface area (Å²) in [6, 6.07) is 27.5. The van der Waals surface area contributed by atoms with E-state index in [2.05, 4.69) is 84.6 Å². The largest absolute Gasteiger partial charge is 0.489 e. The van der Waals surface area contributed by atoms with Gasteiger partial charge in [0.1, 0.15) is 18.1 Å². The average Bonchev–Trinajstić information content (AvgIpc) is 3.04. The summed E-state index contributed by atoms with van der Waals surface area (Å²) in [7, 11) is 0. The van der Waals surface area contributed by atoms with E-state index in [1.807, 2.05) is 11.0 Å². The van der Waals surface area contributed by atoms with Gasteiger partial charge in [0.15, 0.2) is 0 Å². The molecule has 44 heavy (non-hydrogen) atoms. The molecule has 3 aromatic carbocycles. The minimum absolute atomic E-state index is 0.0281. The second kappa shape index (κ2) is 12.5. The molecule has 1 heterocycles. The standard InChI is InChI=1S/C39H46N2O3/c1-28-11-13-29(14-12-28)27-44-35-10-6-5-9-34(35)38(33-7-3-2-4-8-33)41-19-17-40(18-20-41)37(43)16-15-36(42)39-24-30-21-31(25-39)23-32(22-30)26-39/h2-14,30-32,38H,15-27H2,1H3. The summed E-state index contributed by atoms with van der Waals surface area (Å²) in [4.78, 5) is 31.4. The molecule has 1 amide bonds. The molecule has 5 aliphatic rings. The van der Waals surface area contributed by atoms with Crippen LogP contribution in [0.25, 0.3) is 0 Å². The zero-order valence-electron chi connectivity index (χ0n) is 26.1. The van der Waals surface area contributed by atoms with Crippen LogP contribution in [0.2, 0.25) is 0 Å². The number of ether oxygens (including phenoxy) is 1. The van der Waals surface area contributed by atoms with E-state index in [0.717, 1.165) is 67.0 Å². The number of Topliss-reactive ketones (excluding diaryl/α,β-unsaturated/α-hetero) is 1. The van der Waals surface area contributed by atoms with Gasteiger partial charge in [-0.1, -0.05) is 78.4 Å². The third-order valence-electron chi connectivity index (χ3n) is 11.1. The minimum Gasteiger partial charge on any atom is -0.489 e. The van der Waals surface area contributed by atoms with Crippen molar-refractivity contribution in [2.75, 3.05) is 26.2 Å². The molecule has 4 saturated carbocycles. The third-order valence-corrected chi connectivity index (χ3v) is 11.1. The van der Waals surface area contributed by atoms with Crippen molar-refractivity contribution in [1.82, 2.24) is 9.80 Å². The van der Waals surface area contributed by atoms with Gasteiger partial charge in [-0.3, -0.25) is 14.5 Å². The highest BCUT2D eigenvalue weighted by Crippen LogP contribution is 2.60. The number of rotatable bonds is 10. The molecule has 4 bridgehead atoms. The first-order chi connectivity index (χ1) is 21.5. The van der Waals surface area contributed by atoms with Gasteiger partial charge < -0.3 is 9.64 Å². The quantitative estimate of drug-likeness (QED) is 0.247. The first-order valence-electron chi connectivity index (χ1n) is 16.8. The Balaban J connectivity index is 1.00. The van der Waals surface area contributed by atoms with E-state index < -0.39 is 0 Å². The maximum Gasteiger partial charge on any atom is 0.223 e. The predicted molar refractivity (Wildman–Crippen MR) is 173 cm³/mol. The molecule has 5 fully saturated rings. The molecule has 3 aromatic rings. The van der Waals surface area contributed by atoms with E-state index in [0.29, 0.717) is 38.3 Å². The summed E-state index contributed by atoms with van der Waals surface area (Å²) in [5, 5.41) is 0. The number of piperazine rings is 1. The molecule has 0 N–H and O–H groups in total. The molecular formula is C39H46N2O3. The highest BCUT2D eigenvalue weighted by Gasteiger charge is 2.54. The SMILES string of the molecule is Cc1ccc(COc2ccccc2C(c2ccccc2)N2CCN(C(=O)CCC(=O)C34CC5CC(CC(C5)C3)C4)CC2)cc1. The molecule has 230 valence electrons. The van der Waals surface area contributed by atoms with Crippen molar-refractivity contribution in [3.8, 4) is 5.75 Å². The topological polar surface area (TPSA) is 49.9 Å². The number of carbonyl (C=O) groups is 2. The Hall–Kier alpha value is -3.44. The molecule has 0 radical (unpaired) electrons. The van der Waals surface area contributed by atoms with Gasteiger partial charge in [-0.15, -0.1) is 0 Å². The predicted octanol–water partition coefficient (Wildman–Crippen LogP) is 7.37. The monoisotopic (exact) mass is 590 g/mol. The van der Waals surface area contributed by atoms with Crippen molar-refractivity contribution >= 4 is 11.7 Å². The Kier molecular flexibility index (Phi) is 8.33. The van der Waals surface area contributed by atoms with Gasteiger partial charge in [-0.05, 0) is 80.4 Å². The van der Waals surface area contributed by atoms with Crippen molar-refractivity contribution in [3.05, 3.63) is 101 Å². The number of amides is 1. The van der Waals surface area contributed by atoms with E-state index in [4.69, 9.17) is 4.74 Å².